The number of hydrogen-bond donors (Lipinski definition) is 1. The lowest BCUT2D eigenvalue weighted by Gasteiger charge is -2.08. The second-order valence-corrected chi connectivity index (χ2v) is 4.70. The van der Waals surface area contributed by atoms with Gasteiger partial charge in [-0.1, -0.05) is 19.4 Å². The number of nitriles is 1. The van der Waals surface area contributed by atoms with Gasteiger partial charge in [-0.05, 0) is 43.4 Å². The lowest BCUT2D eigenvalue weighted by atomic mass is 10.1. The Morgan fingerprint density at radius 1 is 1.50 bits per heavy atom. The van der Waals surface area contributed by atoms with Gasteiger partial charge in [0, 0.05) is 6.04 Å². The van der Waals surface area contributed by atoms with E-state index in [1.54, 1.807) is 0 Å². The van der Waals surface area contributed by atoms with Crippen LogP contribution in [0, 0.1) is 24.2 Å². The molecule has 0 saturated heterocycles. The molecule has 1 aliphatic carbocycles. The first-order valence-electron chi connectivity index (χ1n) is 6.02. The molecule has 2 nitrogen and oxygen atoms in total. The fourth-order valence-electron chi connectivity index (χ4n) is 2.19. The molecule has 2 atom stereocenters. The first-order valence-corrected chi connectivity index (χ1v) is 6.02. The van der Waals surface area contributed by atoms with E-state index in [2.05, 4.69) is 24.4 Å². The molecule has 0 radical (unpaired) electrons. The van der Waals surface area contributed by atoms with E-state index < -0.39 is 0 Å². The van der Waals surface area contributed by atoms with Crippen LogP contribution in [-0.4, -0.2) is 6.04 Å². The molecule has 16 heavy (non-hydrogen) atoms. The Kier molecular flexibility index (Phi) is 3.14. The first-order chi connectivity index (χ1) is 7.74. The molecule has 84 valence electrons. The smallest absolute Gasteiger partial charge is 0.101 e. The van der Waals surface area contributed by atoms with Crippen LogP contribution in [0.4, 0.5) is 5.69 Å². The normalized spacial score (nSPS) is 22.6. The van der Waals surface area contributed by atoms with Gasteiger partial charge in [-0.3, -0.25) is 0 Å². The average Bonchev–Trinajstić information content (AvgIpc) is 3.00. The van der Waals surface area contributed by atoms with Gasteiger partial charge in [0.1, 0.15) is 6.07 Å². The van der Waals surface area contributed by atoms with Gasteiger partial charge in [-0.25, -0.2) is 0 Å². The Hall–Kier alpha value is -1.49. The predicted octanol–water partition coefficient (Wildman–Crippen LogP) is 3.47. The van der Waals surface area contributed by atoms with Crippen molar-refractivity contribution in [2.75, 3.05) is 5.32 Å². The van der Waals surface area contributed by atoms with Crippen LogP contribution in [0.5, 0.6) is 0 Å². The Labute approximate surface area is 97.3 Å². The number of rotatable bonds is 4. The van der Waals surface area contributed by atoms with E-state index in [0.29, 0.717) is 6.04 Å². The van der Waals surface area contributed by atoms with Crippen LogP contribution >= 0.6 is 0 Å². The van der Waals surface area contributed by atoms with Crippen LogP contribution in [0.3, 0.4) is 0 Å². The minimum absolute atomic E-state index is 0.592. The third-order valence-corrected chi connectivity index (χ3v) is 3.22. The largest absolute Gasteiger partial charge is 0.381 e. The zero-order valence-corrected chi connectivity index (χ0v) is 9.96. The van der Waals surface area contributed by atoms with Gasteiger partial charge >= 0.3 is 0 Å². The van der Waals surface area contributed by atoms with Crippen LogP contribution in [0.25, 0.3) is 0 Å². The molecule has 2 heteroatoms. The minimum atomic E-state index is 0.592. The summed E-state index contributed by atoms with van der Waals surface area (Å²) in [5, 5.41) is 12.5. The maximum Gasteiger partial charge on any atom is 0.101 e. The molecule has 0 bridgehead atoms. The number of nitrogens with one attached hydrogen (secondary N) is 1. The molecule has 0 aromatic heterocycles. The van der Waals surface area contributed by atoms with Gasteiger partial charge in [-0.2, -0.15) is 5.26 Å². The Morgan fingerprint density at radius 3 is 3.00 bits per heavy atom. The average molecular weight is 214 g/mol. The van der Waals surface area contributed by atoms with Gasteiger partial charge < -0.3 is 5.32 Å². The highest BCUT2D eigenvalue weighted by Gasteiger charge is 2.36. The maximum atomic E-state index is 9.06. The topological polar surface area (TPSA) is 35.8 Å². The van der Waals surface area contributed by atoms with E-state index in [1.165, 1.54) is 19.3 Å². The molecule has 1 N–H and O–H groups in total. The van der Waals surface area contributed by atoms with Crippen molar-refractivity contribution >= 4 is 5.69 Å². The van der Waals surface area contributed by atoms with Gasteiger partial charge in [0.15, 0.2) is 0 Å². The molecule has 1 fully saturated rings. The van der Waals surface area contributed by atoms with Crippen LogP contribution in [0.1, 0.15) is 37.3 Å². The van der Waals surface area contributed by atoms with Gasteiger partial charge in [0.2, 0.25) is 0 Å². The number of hydrogen-bond acceptors (Lipinski definition) is 2. The van der Waals surface area contributed by atoms with Crippen LogP contribution in [0.15, 0.2) is 18.2 Å². The summed E-state index contributed by atoms with van der Waals surface area (Å²) in [7, 11) is 0. The van der Waals surface area contributed by atoms with Crippen molar-refractivity contribution in [3.8, 4) is 6.07 Å². The fraction of sp³-hybridized carbons (Fsp3) is 0.500. The van der Waals surface area contributed by atoms with Crippen molar-refractivity contribution in [1.29, 1.82) is 5.26 Å². The number of anilines is 1. The van der Waals surface area contributed by atoms with Gasteiger partial charge in [0.25, 0.3) is 0 Å². The molecule has 2 unspecified atom stereocenters. The van der Waals surface area contributed by atoms with E-state index in [9.17, 15) is 0 Å². The summed E-state index contributed by atoms with van der Waals surface area (Å²) < 4.78 is 0. The maximum absolute atomic E-state index is 9.06. The molecule has 1 aromatic carbocycles. The Bertz CT molecular complexity index is 417. The first kappa shape index (κ1) is 11.0. The third kappa shape index (κ3) is 2.36. The van der Waals surface area contributed by atoms with Crippen LogP contribution < -0.4 is 5.32 Å². The number of nitrogens with zero attached hydrogens (tertiary/aromatic N) is 1. The SMILES string of the molecule is CCCC1CC1Nc1ccc(C)cc1C#N. The lowest BCUT2D eigenvalue weighted by Crippen LogP contribution is -2.06. The molecular weight excluding hydrogens is 196 g/mol. The Balaban J connectivity index is 2.03. The predicted molar refractivity (Wildman–Crippen MR) is 66.3 cm³/mol. The quantitative estimate of drug-likeness (QED) is 0.833. The highest BCUT2D eigenvalue weighted by atomic mass is 15.0. The molecular formula is C14H18N2. The molecule has 2 rings (SSSR count). The molecule has 0 heterocycles. The van der Waals surface area contributed by atoms with Gasteiger partial charge in [0.05, 0.1) is 11.3 Å². The summed E-state index contributed by atoms with van der Waals surface area (Å²) in [4.78, 5) is 0. The van der Waals surface area contributed by atoms with Crippen LogP contribution in [-0.2, 0) is 0 Å². The Morgan fingerprint density at radius 2 is 2.31 bits per heavy atom. The van der Waals surface area contributed by atoms with Gasteiger partial charge in [-0.15, -0.1) is 0 Å². The minimum Gasteiger partial charge on any atom is -0.381 e. The third-order valence-electron chi connectivity index (χ3n) is 3.22. The molecule has 0 spiro atoms. The van der Waals surface area contributed by atoms with Crippen molar-refractivity contribution in [2.45, 2.75) is 39.2 Å². The van der Waals surface area contributed by atoms with Crippen LogP contribution in [0.2, 0.25) is 0 Å². The summed E-state index contributed by atoms with van der Waals surface area (Å²) in [5.74, 6) is 0.817. The molecule has 0 aliphatic heterocycles. The van der Waals surface area contributed by atoms with E-state index in [0.717, 1.165) is 22.7 Å². The zero-order chi connectivity index (χ0) is 11.5. The van der Waals surface area contributed by atoms with Crippen molar-refractivity contribution in [3.05, 3.63) is 29.3 Å². The number of aryl methyl sites for hydroxylation is 1. The lowest BCUT2D eigenvalue weighted by molar-refractivity contribution is 0.693. The zero-order valence-electron chi connectivity index (χ0n) is 9.96. The summed E-state index contributed by atoms with van der Waals surface area (Å²) >= 11 is 0. The van der Waals surface area contributed by atoms with E-state index in [4.69, 9.17) is 5.26 Å². The second kappa shape index (κ2) is 4.57. The monoisotopic (exact) mass is 214 g/mol. The van der Waals surface area contributed by atoms with E-state index >= 15 is 0 Å². The summed E-state index contributed by atoms with van der Waals surface area (Å²) in [5.41, 5.74) is 2.90. The highest BCUT2D eigenvalue weighted by Crippen LogP contribution is 2.37. The summed E-state index contributed by atoms with van der Waals surface area (Å²) in [6.07, 6.45) is 3.81. The molecule has 1 aromatic rings. The summed E-state index contributed by atoms with van der Waals surface area (Å²) in [6, 6.07) is 8.87. The van der Waals surface area contributed by atoms with Crippen molar-refractivity contribution < 1.29 is 0 Å². The number of benzene rings is 1. The van der Waals surface area contributed by atoms with Crippen molar-refractivity contribution in [1.82, 2.24) is 0 Å². The molecule has 1 aliphatic rings. The van der Waals surface area contributed by atoms with E-state index in [-0.39, 0.29) is 0 Å². The van der Waals surface area contributed by atoms with Crippen molar-refractivity contribution in [3.63, 3.8) is 0 Å². The van der Waals surface area contributed by atoms with Crippen molar-refractivity contribution in [2.24, 2.45) is 5.92 Å². The molecule has 1 saturated carbocycles. The molecule has 0 amide bonds. The highest BCUT2D eigenvalue weighted by molar-refractivity contribution is 5.59. The standard InChI is InChI=1S/C14H18N2/c1-3-4-11-8-14(11)16-13-6-5-10(2)7-12(13)9-15/h5-7,11,14,16H,3-4,8H2,1-2H3. The van der Waals surface area contributed by atoms with E-state index in [1.807, 2.05) is 19.1 Å². The summed E-state index contributed by atoms with van der Waals surface area (Å²) in [6.45, 7) is 4.24. The second-order valence-electron chi connectivity index (χ2n) is 4.70. The fourth-order valence-corrected chi connectivity index (χ4v) is 2.19.